The van der Waals surface area contributed by atoms with E-state index < -0.39 is 29.0 Å². The van der Waals surface area contributed by atoms with E-state index in [2.05, 4.69) is 16.0 Å². The summed E-state index contributed by atoms with van der Waals surface area (Å²) in [7, 11) is 0. The Bertz CT molecular complexity index is 1270. The van der Waals surface area contributed by atoms with Crippen LogP contribution in [0, 0.1) is 11.2 Å². The van der Waals surface area contributed by atoms with Gasteiger partial charge in [0, 0.05) is 30.3 Å². The quantitative estimate of drug-likeness (QED) is 0.368. The predicted octanol–water partition coefficient (Wildman–Crippen LogP) is 5.04. The average molecular weight is 605 g/mol. The number of likely N-dealkylation sites (tertiary alicyclic amines) is 1. The normalized spacial score (nSPS) is 14.5. The molecule has 42 heavy (non-hydrogen) atoms. The summed E-state index contributed by atoms with van der Waals surface area (Å²) in [5, 5.41) is 8.12. The number of hydrogen-bond donors (Lipinski definition) is 3. The lowest BCUT2D eigenvalue weighted by atomic mass is 9.78. The number of anilines is 1. The standard InChI is InChI=1S/C30H38ClFN4O6/c1-5-20-6-10-23(11-7-20)35-28(40)41-19-30(26(38)33-17-21-8-9-22(32)16-24(21)31)12-14-36(15-13-30)25(37)18-34-27(39)42-29(2,3)4/h6-11,16H,5,12-15,17-19H2,1-4H3,(H,33,38)(H,34,39)(H,35,40). The van der Waals surface area contributed by atoms with Crippen molar-refractivity contribution in [3.05, 3.63) is 64.4 Å². The molecule has 3 rings (SSSR count). The second-order valence-corrected chi connectivity index (χ2v) is 11.6. The SMILES string of the molecule is CCc1ccc(NC(=O)OCC2(C(=O)NCc3ccc(F)cc3Cl)CCN(C(=O)CNC(=O)OC(C)(C)C)CC2)cc1. The first-order valence-electron chi connectivity index (χ1n) is 13.8. The second-order valence-electron chi connectivity index (χ2n) is 11.2. The fourth-order valence-corrected chi connectivity index (χ4v) is 4.64. The number of nitrogens with one attached hydrogen (secondary N) is 3. The molecule has 1 saturated heterocycles. The molecule has 12 heteroatoms. The summed E-state index contributed by atoms with van der Waals surface area (Å²) in [4.78, 5) is 52.4. The van der Waals surface area contributed by atoms with Gasteiger partial charge in [-0.1, -0.05) is 36.7 Å². The minimum Gasteiger partial charge on any atom is -0.448 e. The van der Waals surface area contributed by atoms with Crippen LogP contribution in [0.2, 0.25) is 5.02 Å². The van der Waals surface area contributed by atoms with Crippen LogP contribution in [-0.2, 0) is 32.0 Å². The summed E-state index contributed by atoms with van der Waals surface area (Å²) in [6.45, 7) is 7.14. The van der Waals surface area contributed by atoms with E-state index in [4.69, 9.17) is 21.1 Å². The molecule has 1 aliphatic heterocycles. The van der Waals surface area contributed by atoms with Crippen LogP contribution in [-0.4, -0.2) is 60.7 Å². The van der Waals surface area contributed by atoms with Crippen molar-refractivity contribution in [3.8, 4) is 0 Å². The minimum atomic E-state index is -1.13. The Balaban J connectivity index is 1.64. The summed E-state index contributed by atoms with van der Waals surface area (Å²) in [6.07, 6.45) is -0.153. The molecule has 1 heterocycles. The number of amides is 4. The number of piperidine rings is 1. The average Bonchev–Trinajstić information content (AvgIpc) is 2.94. The molecule has 1 fully saturated rings. The molecule has 0 aliphatic carbocycles. The van der Waals surface area contributed by atoms with Gasteiger partial charge in [0.15, 0.2) is 0 Å². The van der Waals surface area contributed by atoms with Crippen molar-refractivity contribution in [2.75, 3.05) is 31.6 Å². The number of carbonyl (C=O) groups excluding carboxylic acids is 4. The van der Waals surface area contributed by atoms with E-state index in [0.29, 0.717) is 11.3 Å². The maximum atomic E-state index is 13.5. The number of nitrogens with zero attached hydrogens (tertiary/aromatic N) is 1. The third kappa shape index (κ3) is 9.61. The lowest BCUT2D eigenvalue weighted by Crippen LogP contribution is -2.53. The fraction of sp³-hybridized carbons (Fsp3) is 0.467. The lowest BCUT2D eigenvalue weighted by molar-refractivity contribution is -0.142. The molecular weight excluding hydrogens is 567 g/mol. The third-order valence-electron chi connectivity index (χ3n) is 6.88. The molecule has 1 aliphatic rings. The van der Waals surface area contributed by atoms with Gasteiger partial charge >= 0.3 is 12.2 Å². The minimum absolute atomic E-state index is 0.0398. The second kappa shape index (κ2) is 14.4. The topological polar surface area (TPSA) is 126 Å². The van der Waals surface area contributed by atoms with Crippen LogP contribution >= 0.6 is 11.6 Å². The molecule has 0 spiro atoms. The van der Waals surface area contributed by atoms with Gasteiger partial charge in [0.05, 0.1) is 5.41 Å². The summed E-state index contributed by atoms with van der Waals surface area (Å²) in [6, 6.07) is 11.2. The largest absolute Gasteiger partial charge is 0.448 e. The number of rotatable bonds is 9. The van der Waals surface area contributed by atoms with Gasteiger partial charge in [-0.3, -0.25) is 14.9 Å². The van der Waals surface area contributed by atoms with Gasteiger partial charge in [0.2, 0.25) is 11.8 Å². The summed E-state index contributed by atoms with van der Waals surface area (Å²) < 4.78 is 24.1. The molecule has 0 unspecified atom stereocenters. The first-order valence-corrected chi connectivity index (χ1v) is 14.2. The van der Waals surface area contributed by atoms with Crippen molar-refractivity contribution in [3.63, 3.8) is 0 Å². The monoisotopic (exact) mass is 604 g/mol. The van der Waals surface area contributed by atoms with Crippen molar-refractivity contribution in [2.45, 2.75) is 59.1 Å². The van der Waals surface area contributed by atoms with E-state index >= 15 is 0 Å². The van der Waals surface area contributed by atoms with Gasteiger partial charge in [-0.15, -0.1) is 0 Å². The molecule has 3 N–H and O–H groups in total. The number of aryl methyl sites for hydroxylation is 1. The van der Waals surface area contributed by atoms with Gasteiger partial charge in [-0.25, -0.2) is 14.0 Å². The Morgan fingerprint density at radius 2 is 1.67 bits per heavy atom. The smallest absolute Gasteiger partial charge is 0.411 e. The predicted molar refractivity (Wildman–Crippen MR) is 157 cm³/mol. The molecule has 0 saturated carbocycles. The summed E-state index contributed by atoms with van der Waals surface area (Å²) in [5.41, 5.74) is 0.365. The van der Waals surface area contributed by atoms with Gasteiger partial charge in [0.25, 0.3) is 0 Å². The van der Waals surface area contributed by atoms with Crippen molar-refractivity contribution >= 4 is 41.3 Å². The van der Waals surface area contributed by atoms with Crippen LogP contribution in [0.25, 0.3) is 0 Å². The van der Waals surface area contributed by atoms with E-state index in [9.17, 15) is 23.6 Å². The zero-order chi connectivity index (χ0) is 30.9. The van der Waals surface area contributed by atoms with Crippen molar-refractivity contribution in [1.82, 2.24) is 15.5 Å². The molecule has 10 nitrogen and oxygen atoms in total. The zero-order valence-corrected chi connectivity index (χ0v) is 25.1. The highest BCUT2D eigenvalue weighted by Crippen LogP contribution is 2.33. The van der Waals surface area contributed by atoms with Crippen LogP contribution in [0.1, 0.15) is 51.7 Å². The van der Waals surface area contributed by atoms with Gasteiger partial charge < -0.3 is 25.0 Å². The van der Waals surface area contributed by atoms with E-state index in [0.717, 1.165) is 18.1 Å². The molecule has 0 radical (unpaired) electrons. The van der Waals surface area contributed by atoms with Crippen LogP contribution in [0.5, 0.6) is 0 Å². The number of ether oxygens (including phenoxy) is 2. The third-order valence-corrected chi connectivity index (χ3v) is 7.23. The maximum absolute atomic E-state index is 13.5. The number of benzene rings is 2. The number of alkyl carbamates (subject to hydrolysis) is 1. The Kier molecular flexibility index (Phi) is 11.2. The Hall–Kier alpha value is -3.86. The van der Waals surface area contributed by atoms with E-state index in [1.807, 2.05) is 19.1 Å². The van der Waals surface area contributed by atoms with Gasteiger partial charge in [-0.05, 0) is 75.4 Å². The molecule has 0 aromatic heterocycles. The fourth-order valence-electron chi connectivity index (χ4n) is 4.40. The van der Waals surface area contributed by atoms with Crippen molar-refractivity contribution in [2.24, 2.45) is 5.41 Å². The molecule has 4 amide bonds. The molecule has 228 valence electrons. The number of hydrogen-bond acceptors (Lipinski definition) is 6. The van der Waals surface area contributed by atoms with E-state index in [-0.39, 0.29) is 62.5 Å². The first-order chi connectivity index (χ1) is 19.8. The molecule has 2 aromatic carbocycles. The van der Waals surface area contributed by atoms with Crippen LogP contribution in [0.4, 0.5) is 19.7 Å². The lowest BCUT2D eigenvalue weighted by Gasteiger charge is -2.40. The summed E-state index contributed by atoms with van der Waals surface area (Å²) >= 11 is 6.12. The molecular formula is C30H38ClFN4O6. The highest BCUT2D eigenvalue weighted by molar-refractivity contribution is 6.31. The zero-order valence-electron chi connectivity index (χ0n) is 24.4. The maximum Gasteiger partial charge on any atom is 0.411 e. The molecule has 2 aromatic rings. The number of halogens is 2. The molecule has 0 bridgehead atoms. The first kappa shape index (κ1) is 32.7. The van der Waals surface area contributed by atoms with E-state index in [1.165, 1.54) is 17.0 Å². The highest BCUT2D eigenvalue weighted by Gasteiger charge is 2.43. The Labute approximate surface area is 250 Å². The Morgan fingerprint density at radius 1 is 1.00 bits per heavy atom. The highest BCUT2D eigenvalue weighted by atomic mass is 35.5. The van der Waals surface area contributed by atoms with Crippen LogP contribution in [0.3, 0.4) is 0 Å². The Morgan fingerprint density at radius 3 is 2.26 bits per heavy atom. The van der Waals surface area contributed by atoms with Crippen molar-refractivity contribution in [1.29, 1.82) is 0 Å². The molecule has 0 atom stereocenters. The number of carbonyl (C=O) groups is 4. The van der Waals surface area contributed by atoms with E-state index in [1.54, 1.807) is 32.9 Å². The van der Waals surface area contributed by atoms with Crippen LogP contribution < -0.4 is 16.0 Å². The van der Waals surface area contributed by atoms with Gasteiger partial charge in [0.1, 0.15) is 24.6 Å². The van der Waals surface area contributed by atoms with Gasteiger partial charge in [-0.2, -0.15) is 0 Å². The van der Waals surface area contributed by atoms with Crippen LogP contribution in [0.15, 0.2) is 42.5 Å². The summed E-state index contributed by atoms with van der Waals surface area (Å²) in [5.74, 6) is -1.21. The van der Waals surface area contributed by atoms with Crippen molar-refractivity contribution < 1.29 is 33.0 Å².